The molecule has 0 aromatic heterocycles. The van der Waals surface area contributed by atoms with Crippen molar-refractivity contribution in [2.24, 2.45) is 11.7 Å². The molecule has 0 saturated heterocycles. The summed E-state index contributed by atoms with van der Waals surface area (Å²) in [6.45, 7) is 0.350. The molecule has 4 N–H and O–H groups in total. The van der Waals surface area contributed by atoms with E-state index in [2.05, 4.69) is 5.32 Å². The molecule has 0 heterocycles. The lowest BCUT2D eigenvalue weighted by Crippen LogP contribution is -2.35. The molecule has 0 aliphatic heterocycles. The lowest BCUT2D eigenvalue weighted by Gasteiger charge is -2.06. The zero-order valence-electron chi connectivity index (χ0n) is 7.32. The van der Waals surface area contributed by atoms with Crippen molar-refractivity contribution in [3.05, 3.63) is 0 Å². The van der Waals surface area contributed by atoms with Crippen molar-refractivity contribution in [2.75, 3.05) is 6.54 Å². The minimum Gasteiger partial charge on any atom is -0.480 e. The van der Waals surface area contributed by atoms with E-state index in [0.29, 0.717) is 6.54 Å². The summed E-state index contributed by atoms with van der Waals surface area (Å²) in [7, 11) is 0. The number of carbonyl (C=O) groups excluding carboxylic acids is 1. The third-order valence-corrected chi connectivity index (χ3v) is 2.02. The second-order valence-corrected chi connectivity index (χ2v) is 3.30. The first-order chi connectivity index (χ1) is 6.11. The number of carboxylic acids is 1. The lowest BCUT2D eigenvalue weighted by molar-refractivity contribution is -0.138. The molecular weight excluding hydrogens is 172 g/mol. The number of amides is 1. The smallest absolute Gasteiger partial charge is 0.320 e. The van der Waals surface area contributed by atoms with Crippen LogP contribution in [0, 0.1) is 5.92 Å². The van der Waals surface area contributed by atoms with Crippen LogP contribution in [-0.4, -0.2) is 29.6 Å². The molecule has 0 unspecified atom stereocenters. The van der Waals surface area contributed by atoms with Crippen LogP contribution in [0.4, 0.5) is 0 Å². The third kappa shape index (κ3) is 3.42. The third-order valence-electron chi connectivity index (χ3n) is 2.02. The number of hydrogen-bond donors (Lipinski definition) is 3. The summed E-state index contributed by atoms with van der Waals surface area (Å²) < 4.78 is 0. The maximum Gasteiger partial charge on any atom is 0.320 e. The maximum atomic E-state index is 11.1. The highest BCUT2D eigenvalue weighted by Gasteiger charge is 2.29. The highest BCUT2D eigenvalue weighted by atomic mass is 16.4. The summed E-state index contributed by atoms with van der Waals surface area (Å²) in [5, 5.41) is 11.1. The van der Waals surface area contributed by atoms with E-state index in [9.17, 15) is 9.59 Å². The number of carboxylic acid groups (broad SMARTS) is 1. The Morgan fingerprint density at radius 2 is 2.15 bits per heavy atom. The molecule has 1 saturated carbocycles. The Kier molecular flexibility index (Phi) is 3.25. The number of hydrogen-bond acceptors (Lipinski definition) is 3. The van der Waals surface area contributed by atoms with Gasteiger partial charge in [0.1, 0.15) is 6.04 Å². The van der Waals surface area contributed by atoms with Gasteiger partial charge in [0.05, 0.1) is 0 Å². The largest absolute Gasteiger partial charge is 0.480 e. The Morgan fingerprint density at radius 3 is 2.62 bits per heavy atom. The molecule has 1 fully saturated rings. The van der Waals surface area contributed by atoms with Gasteiger partial charge in [-0.25, -0.2) is 0 Å². The number of nitrogens with one attached hydrogen (secondary N) is 1. The molecule has 1 amide bonds. The fourth-order valence-electron chi connectivity index (χ4n) is 0.964. The first kappa shape index (κ1) is 9.98. The highest BCUT2D eigenvalue weighted by Crippen LogP contribution is 2.28. The molecule has 1 rings (SSSR count). The van der Waals surface area contributed by atoms with Crippen LogP contribution in [0.3, 0.4) is 0 Å². The molecular formula is C8H14N2O3. The minimum absolute atomic E-state index is 0.0255. The summed E-state index contributed by atoms with van der Waals surface area (Å²) in [5.74, 6) is -0.834. The maximum absolute atomic E-state index is 11.1. The fourth-order valence-corrected chi connectivity index (χ4v) is 0.964. The van der Waals surface area contributed by atoms with Crippen LogP contribution in [0.1, 0.15) is 19.3 Å². The standard InChI is InChI=1S/C8H14N2O3/c9-6(8(12)13)3-4-10-7(11)5-1-2-5/h5-6H,1-4,9H2,(H,10,11)(H,12,13)/t6-/m0/s1. The molecule has 5 nitrogen and oxygen atoms in total. The predicted molar refractivity (Wildman–Crippen MR) is 46.0 cm³/mol. The van der Waals surface area contributed by atoms with Crippen molar-refractivity contribution in [3.8, 4) is 0 Å². The first-order valence-electron chi connectivity index (χ1n) is 4.37. The van der Waals surface area contributed by atoms with Crippen LogP contribution in [0.25, 0.3) is 0 Å². The van der Waals surface area contributed by atoms with Crippen molar-refractivity contribution >= 4 is 11.9 Å². The van der Waals surface area contributed by atoms with E-state index in [1.165, 1.54) is 0 Å². The second kappa shape index (κ2) is 4.23. The topological polar surface area (TPSA) is 92.4 Å². The molecule has 13 heavy (non-hydrogen) atoms. The summed E-state index contributed by atoms with van der Waals surface area (Å²) in [4.78, 5) is 21.3. The minimum atomic E-state index is -1.03. The summed E-state index contributed by atoms with van der Waals surface area (Å²) in [5.41, 5.74) is 5.24. The van der Waals surface area contributed by atoms with Gasteiger partial charge in [-0.2, -0.15) is 0 Å². The zero-order valence-corrected chi connectivity index (χ0v) is 7.32. The summed E-state index contributed by atoms with van der Waals surface area (Å²) in [6.07, 6.45) is 2.20. The summed E-state index contributed by atoms with van der Waals surface area (Å²) in [6, 6.07) is -0.875. The summed E-state index contributed by atoms with van der Waals surface area (Å²) >= 11 is 0. The Balaban J connectivity index is 2.05. The molecule has 74 valence electrons. The van der Waals surface area contributed by atoms with Crippen molar-refractivity contribution in [3.63, 3.8) is 0 Å². The zero-order chi connectivity index (χ0) is 9.84. The van der Waals surface area contributed by atoms with Gasteiger partial charge in [-0.05, 0) is 19.3 Å². The number of rotatable bonds is 5. The molecule has 0 spiro atoms. The Labute approximate surface area is 76.3 Å². The van der Waals surface area contributed by atoms with E-state index < -0.39 is 12.0 Å². The number of aliphatic carboxylic acids is 1. The quantitative estimate of drug-likeness (QED) is 0.530. The molecule has 0 aromatic carbocycles. The van der Waals surface area contributed by atoms with Crippen molar-refractivity contribution < 1.29 is 14.7 Å². The van der Waals surface area contributed by atoms with Gasteiger partial charge in [-0.3, -0.25) is 9.59 Å². The van der Waals surface area contributed by atoms with Gasteiger partial charge in [0, 0.05) is 12.5 Å². The van der Waals surface area contributed by atoms with Gasteiger partial charge in [-0.15, -0.1) is 0 Å². The Morgan fingerprint density at radius 1 is 1.54 bits per heavy atom. The first-order valence-corrected chi connectivity index (χ1v) is 4.37. The molecule has 1 atom stereocenters. The van der Waals surface area contributed by atoms with Crippen LogP contribution in [0.2, 0.25) is 0 Å². The number of carbonyl (C=O) groups is 2. The Hall–Kier alpha value is -1.10. The average Bonchev–Trinajstić information content (AvgIpc) is 2.85. The van der Waals surface area contributed by atoms with Gasteiger partial charge in [0.25, 0.3) is 0 Å². The van der Waals surface area contributed by atoms with Crippen LogP contribution in [0.5, 0.6) is 0 Å². The Bertz CT molecular complexity index is 213. The fraction of sp³-hybridized carbons (Fsp3) is 0.750. The second-order valence-electron chi connectivity index (χ2n) is 3.30. The van der Waals surface area contributed by atoms with E-state index >= 15 is 0 Å². The van der Waals surface area contributed by atoms with E-state index in [1.807, 2.05) is 0 Å². The molecule has 0 bridgehead atoms. The molecule has 1 aliphatic rings. The van der Waals surface area contributed by atoms with Crippen LogP contribution in [-0.2, 0) is 9.59 Å². The monoisotopic (exact) mass is 186 g/mol. The van der Waals surface area contributed by atoms with Crippen LogP contribution in [0.15, 0.2) is 0 Å². The highest BCUT2D eigenvalue weighted by molar-refractivity contribution is 5.80. The van der Waals surface area contributed by atoms with Crippen molar-refractivity contribution in [1.82, 2.24) is 5.32 Å². The van der Waals surface area contributed by atoms with Crippen LogP contribution < -0.4 is 11.1 Å². The van der Waals surface area contributed by atoms with E-state index in [4.69, 9.17) is 10.8 Å². The average molecular weight is 186 g/mol. The predicted octanol–water partition coefficient (Wildman–Crippen LogP) is -0.685. The van der Waals surface area contributed by atoms with Gasteiger partial charge < -0.3 is 16.2 Å². The molecule has 1 aliphatic carbocycles. The molecule has 5 heteroatoms. The SMILES string of the molecule is N[C@@H](CCNC(=O)C1CC1)C(=O)O. The lowest BCUT2D eigenvalue weighted by atomic mass is 10.2. The van der Waals surface area contributed by atoms with E-state index in [0.717, 1.165) is 12.8 Å². The molecule has 0 radical (unpaired) electrons. The van der Waals surface area contributed by atoms with Gasteiger partial charge in [0.2, 0.25) is 5.91 Å². The van der Waals surface area contributed by atoms with Crippen molar-refractivity contribution in [1.29, 1.82) is 0 Å². The van der Waals surface area contributed by atoms with Crippen molar-refractivity contribution in [2.45, 2.75) is 25.3 Å². The van der Waals surface area contributed by atoms with Gasteiger partial charge in [-0.1, -0.05) is 0 Å². The van der Waals surface area contributed by atoms with Crippen LogP contribution >= 0.6 is 0 Å². The van der Waals surface area contributed by atoms with E-state index in [1.54, 1.807) is 0 Å². The van der Waals surface area contributed by atoms with Gasteiger partial charge >= 0.3 is 5.97 Å². The normalized spacial score (nSPS) is 17.9. The number of nitrogens with two attached hydrogens (primary N) is 1. The van der Waals surface area contributed by atoms with E-state index in [-0.39, 0.29) is 18.2 Å². The molecule has 0 aromatic rings. The van der Waals surface area contributed by atoms with Gasteiger partial charge in [0.15, 0.2) is 0 Å².